The summed E-state index contributed by atoms with van der Waals surface area (Å²) in [7, 11) is 3.91. The van der Waals surface area contributed by atoms with Gasteiger partial charge in [0.25, 0.3) is 5.91 Å². The second-order valence-electron chi connectivity index (χ2n) is 7.12. The molecular weight excluding hydrogens is 350 g/mol. The molecule has 5 heteroatoms. The Morgan fingerprint density at radius 2 is 1.86 bits per heavy atom. The third-order valence-corrected chi connectivity index (χ3v) is 4.61. The highest BCUT2D eigenvalue weighted by Crippen LogP contribution is 2.20. The summed E-state index contributed by atoms with van der Waals surface area (Å²) in [5, 5.41) is 2.85. The molecule has 1 N–H and O–H groups in total. The Kier molecular flexibility index (Phi) is 6.46. The molecule has 0 unspecified atom stereocenters. The number of likely N-dealkylation sites (N-methyl/N-ethyl adjacent to an activating group) is 1. The van der Waals surface area contributed by atoms with Gasteiger partial charge in [-0.05, 0) is 56.4 Å². The molecule has 1 aliphatic rings. The molecule has 0 atom stereocenters. The number of rotatable bonds is 5. The van der Waals surface area contributed by atoms with Crippen molar-refractivity contribution in [3.8, 4) is 11.8 Å². The van der Waals surface area contributed by atoms with Crippen LogP contribution in [0.15, 0.2) is 48.5 Å². The minimum absolute atomic E-state index is 0.0911. The molecule has 2 aromatic carbocycles. The van der Waals surface area contributed by atoms with E-state index in [1.165, 1.54) is 0 Å². The van der Waals surface area contributed by atoms with Gasteiger partial charge in [0.05, 0.1) is 6.54 Å². The van der Waals surface area contributed by atoms with Crippen molar-refractivity contribution >= 4 is 11.8 Å². The van der Waals surface area contributed by atoms with Crippen LogP contribution in [-0.4, -0.2) is 61.9 Å². The first-order valence-electron chi connectivity index (χ1n) is 9.43. The second kappa shape index (κ2) is 9.20. The summed E-state index contributed by atoms with van der Waals surface area (Å²) >= 11 is 0. The molecule has 0 radical (unpaired) electrons. The average molecular weight is 375 g/mol. The molecule has 0 aromatic heterocycles. The van der Waals surface area contributed by atoms with Crippen molar-refractivity contribution in [2.24, 2.45) is 0 Å². The van der Waals surface area contributed by atoms with E-state index in [0.717, 1.165) is 29.7 Å². The number of carbonyl (C=O) groups is 2. The molecule has 0 aliphatic carbocycles. The zero-order valence-electron chi connectivity index (χ0n) is 16.4. The monoisotopic (exact) mass is 375 g/mol. The van der Waals surface area contributed by atoms with Gasteiger partial charge in [-0.2, -0.15) is 0 Å². The van der Waals surface area contributed by atoms with Crippen LogP contribution in [0, 0.1) is 11.8 Å². The zero-order valence-corrected chi connectivity index (χ0v) is 16.4. The number of nitrogens with one attached hydrogen (secondary N) is 1. The van der Waals surface area contributed by atoms with Crippen LogP contribution < -0.4 is 5.32 Å². The van der Waals surface area contributed by atoms with E-state index in [9.17, 15) is 9.59 Å². The van der Waals surface area contributed by atoms with Crippen molar-refractivity contribution < 1.29 is 9.59 Å². The lowest BCUT2D eigenvalue weighted by Crippen LogP contribution is -2.45. The van der Waals surface area contributed by atoms with Gasteiger partial charge in [0, 0.05) is 36.3 Å². The summed E-state index contributed by atoms with van der Waals surface area (Å²) < 4.78 is 0. The number of nitrogens with zero attached hydrogens (tertiary/aromatic N) is 2. The first-order chi connectivity index (χ1) is 13.5. The lowest BCUT2D eigenvalue weighted by atomic mass is 9.96. The summed E-state index contributed by atoms with van der Waals surface area (Å²) in [6.07, 6.45) is 0.729. The Hall–Kier alpha value is -3.10. The van der Waals surface area contributed by atoms with Gasteiger partial charge in [0.2, 0.25) is 5.91 Å². The van der Waals surface area contributed by atoms with E-state index in [1.807, 2.05) is 67.5 Å². The van der Waals surface area contributed by atoms with Gasteiger partial charge in [-0.25, -0.2) is 0 Å². The maximum absolute atomic E-state index is 12.7. The van der Waals surface area contributed by atoms with Gasteiger partial charge in [-0.3, -0.25) is 9.59 Å². The number of fused-ring (bicyclic) bond motifs is 1. The van der Waals surface area contributed by atoms with E-state index in [-0.39, 0.29) is 18.4 Å². The molecule has 28 heavy (non-hydrogen) atoms. The van der Waals surface area contributed by atoms with Crippen molar-refractivity contribution in [2.45, 2.75) is 6.42 Å². The number of benzene rings is 2. The zero-order chi connectivity index (χ0) is 19.9. The van der Waals surface area contributed by atoms with Crippen LogP contribution in [0.25, 0.3) is 0 Å². The molecule has 5 nitrogen and oxygen atoms in total. The summed E-state index contributed by atoms with van der Waals surface area (Å²) in [4.78, 5) is 28.4. The van der Waals surface area contributed by atoms with Crippen LogP contribution in [-0.2, 0) is 11.2 Å². The van der Waals surface area contributed by atoms with Crippen LogP contribution >= 0.6 is 0 Å². The van der Waals surface area contributed by atoms with Gasteiger partial charge < -0.3 is 15.1 Å². The Bertz CT molecular complexity index is 910. The molecule has 144 valence electrons. The van der Waals surface area contributed by atoms with Gasteiger partial charge in [-0.15, -0.1) is 0 Å². The second-order valence-corrected chi connectivity index (χ2v) is 7.12. The normalized spacial score (nSPS) is 13.0. The highest BCUT2D eigenvalue weighted by atomic mass is 16.2. The van der Waals surface area contributed by atoms with Gasteiger partial charge in [0.15, 0.2) is 0 Å². The predicted octanol–water partition coefficient (Wildman–Crippen LogP) is 1.76. The highest BCUT2D eigenvalue weighted by molar-refractivity contribution is 5.98. The molecule has 0 fully saturated rings. The molecular formula is C23H25N3O2. The fourth-order valence-corrected chi connectivity index (χ4v) is 3.08. The van der Waals surface area contributed by atoms with Crippen molar-refractivity contribution in [3.05, 3.63) is 70.8 Å². The van der Waals surface area contributed by atoms with Crippen LogP contribution in [0.2, 0.25) is 0 Å². The Balaban J connectivity index is 1.64. The van der Waals surface area contributed by atoms with E-state index in [2.05, 4.69) is 17.2 Å². The molecule has 0 saturated carbocycles. The maximum atomic E-state index is 12.7. The van der Waals surface area contributed by atoms with Crippen molar-refractivity contribution in [1.82, 2.24) is 15.1 Å². The Labute approximate surface area is 166 Å². The Morgan fingerprint density at radius 3 is 2.61 bits per heavy atom. The fraction of sp³-hybridized carbons (Fsp3) is 0.304. The van der Waals surface area contributed by atoms with E-state index in [1.54, 1.807) is 4.90 Å². The smallest absolute Gasteiger partial charge is 0.254 e. The third kappa shape index (κ3) is 5.21. The first kappa shape index (κ1) is 19.7. The van der Waals surface area contributed by atoms with Gasteiger partial charge >= 0.3 is 0 Å². The molecule has 1 heterocycles. The van der Waals surface area contributed by atoms with Crippen molar-refractivity contribution in [1.29, 1.82) is 0 Å². The van der Waals surface area contributed by atoms with Gasteiger partial charge in [0.1, 0.15) is 0 Å². The minimum atomic E-state index is -0.121. The summed E-state index contributed by atoms with van der Waals surface area (Å²) in [5.74, 6) is 6.09. The van der Waals surface area contributed by atoms with E-state index in [4.69, 9.17) is 0 Å². The van der Waals surface area contributed by atoms with Gasteiger partial charge in [-0.1, -0.05) is 30.0 Å². The number of hydrogen-bond acceptors (Lipinski definition) is 3. The molecule has 3 rings (SSSR count). The number of carbonyl (C=O) groups excluding carboxylic acids is 2. The van der Waals surface area contributed by atoms with Crippen LogP contribution in [0.5, 0.6) is 0 Å². The van der Waals surface area contributed by atoms with Crippen molar-refractivity contribution in [2.75, 3.05) is 40.3 Å². The average Bonchev–Trinajstić information content (AvgIpc) is 2.69. The first-order valence-corrected chi connectivity index (χ1v) is 9.43. The summed E-state index contributed by atoms with van der Waals surface area (Å²) in [6, 6.07) is 15.5. The quantitative estimate of drug-likeness (QED) is 0.811. The summed E-state index contributed by atoms with van der Waals surface area (Å²) in [5.41, 5.74) is 3.51. The number of hydrogen-bond donors (Lipinski definition) is 1. The molecule has 1 aliphatic heterocycles. The maximum Gasteiger partial charge on any atom is 0.254 e. The SMILES string of the molecule is CN(C)CCNC(=O)CN1CCc2cc(C#Cc3ccccc3)ccc2C1=O. The van der Waals surface area contributed by atoms with Crippen LogP contribution in [0.3, 0.4) is 0 Å². The summed E-state index contributed by atoms with van der Waals surface area (Å²) in [6.45, 7) is 1.99. The lowest BCUT2D eigenvalue weighted by molar-refractivity contribution is -0.121. The van der Waals surface area contributed by atoms with E-state index >= 15 is 0 Å². The molecule has 2 amide bonds. The standard InChI is InChI=1S/C23H25N3O2/c1-25(2)15-13-24-22(27)17-26-14-12-20-16-19(10-11-21(20)23(26)28)9-8-18-6-4-3-5-7-18/h3-7,10-11,16H,12-15,17H2,1-2H3,(H,24,27). The van der Waals surface area contributed by atoms with E-state index < -0.39 is 0 Å². The number of amides is 2. The highest BCUT2D eigenvalue weighted by Gasteiger charge is 2.25. The molecule has 0 spiro atoms. The predicted molar refractivity (Wildman–Crippen MR) is 110 cm³/mol. The topological polar surface area (TPSA) is 52.7 Å². The fourth-order valence-electron chi connectivity index (χ4n) is 3.08. The third-order valence-electron chi connectivity index (χ3n) is 4.61. The molecule has 0 saturated heterocycles. The largest absolute Gasteiger partial charge is 0.353 e. The Morgan fingerprint density at radius 1 is 1.11 bits per heavy atom. The van der Waals surface area contributed by atoms with Crippen LogP contribution in [0.1, 0.15) is 27.0 Å². The molecule has 2 aromatic rings. The lowest BCUT2D eigenvalue weighted by Gasteiger charge is -2.28. The minimum Gasteiger partial charge on any atom is -0.353 e. The van der Waals surface area contributed by atoms with Crippen LogP contribution in [0.4, 0.5) is 0 Å². The molecule has 0 bridgehead atoms. The van der Waals surface area contributed by atoms with Crippen molar-refractivity contribution in [3.63, 3.8) is 0 Å². The van der Waals surface area contributed by atoms with E-state index in [0.29, 0.717) is 18.7 Å².